The highest BCUT2D eigenvalue weighted by atomic mass is 16.2. The lowest BCUT2D eigenvalue weighted by Crippen LogP contribution is -2.29. The number of aromatic nitrogens is 2. The van der Waals surface area contributed by atoms with E-state index in [1.54, 1.807) is 6.20 Å². The van der Waals surface area contributed by atoms with Gasteiger partial charge in [-0.3, -0.25) is 14.4 Å². The summed E-state index contributed by atoms with van der Waals surface area (Å²) in [4.78, 5) is 14.2. The molecule has 0 bridgehead atoms. The van der Waals surface area contributed by atoms with Crippen LogP contribution in [0.1, 0.15) is 37.9 Å². The summed E-state index contributed by atoms with van der Waals surface area (Å²) in [6.07, 6.45) is 5.26. The van der Waals surface area contributed by atoms with Crippen molar-refractivity contribution in [3.05, 3.63) is 42.1 Å². The van der Waals surface area contributed by atoms with Gasteiger partial charge in [0.05, 0.1) is 12.2 Å². The Labute approximate surface area is 137 Å². The van der Waals surface area contributed by atoms with Crippen molar-refractivity contribution in [2.45, 2.75) is 32.4 Å². The Morgan fingerprint density at radius 3 is 2.83 bits per heavy atom. The molecule has 5 heteroatoms. The van der Waals surface area contributed by atoms with E-state index in [0.29, 0.717) is 6.54 Å². The molecule has 5 nitrogen and oxygen atoms in total. The molecule has 23 heavy (non-hydrogen) atoms. The summed E-state index contributed by atoms with van der Waals surface area (Å²) in [6.45, 7) is 3.62. The summed E-state index contributed by atoms with van der Waals surface area (Å²) in [5.41, 5.74) is 3.33. The Balaban J connectivity index is 1.91. The number of carbonyl (C=O) groups excluding carboxylic acids is 1. The summed E-state index contributed by atoms with van der Waals surface area (Å²) >= 11 is 0. The van der Waals surface area contributed by atoms with Gasteiger partial charge < -0.3 is 5.32 Å². The van der Waals surface area contributed by atoms with Gasteiger partial charge in [0.25, 0.3) is 0 Å². The number of nitrogens with zero attached hydrogens (tertiary/aromatic N) is 3. The largest absolute Gasteiger partial charge is 0.335 e. The third-order valence-corrected chi connectivity index (χ3v) is 4.41. The maximum Gasteiger partial charge on any atom is 0.235 e. The molecule has 1 amide bonds. The minimum atomic E-state index is -0.0505. The third kappa shape index (κ3) is 3.29. The molecular formula is C18H24N4O. The molecular weight excluding hydrogens is 288 g/mol. The Morgan fingerprint density at radius 2 is 2.09 bits per heavy atom. The maximum absolute atomic E-state index is 12.0. The summed E-state index contributed by atoms with van der Waals surface area (Å²) in [5, 5.41) is 7.40. The van der Waals surface area contributed by atoms with Gasteiger partial charge in [0, 0.05) is 25.4 Å². The molecule has 1 fully saturated rings. The molecule has 3 rings (SSSR count). The summed E-state index contributed by atoms with van der Waals surface area (Å²) in [6, 6.07) is 10.3. The van der Waals surface area contributed by atoms with Gasteiger partial charge in [-0.1, -0.05) is 44.0 Å². The Kier molecular flexibility index (Phi) is 4.76. The number of benzene rings is 1. The highest BCUT2D eigenvalue weighted by Crippen LogP contribution is 2.31. The van der Waals surface area contributed by atoms with Crippen LogP contribution in [-0.4, -0.2) is 33.7 Å². The normalized spacial score (nSPS) is 18.3. The van der Waals surface area contributed by atoms with Crippen molar-refractivity contribution in [2.75, 3.05) is 13.1 Å². The third-order valence-electron chi connectivity index (χ3n) is 4.41. The molecule has 0 aliphatic carbocycles. The van der Waals surface area contributed by atoms with Crippen LogP contribution in [0.25, 0.3) is 11.3 Å². The molecule has 1 saturated heterocycles. The fourth-order valence-electron chi connectivity index (χ4n) is 3.22. The molecule has 1 atom stereocenters. The number of hydrogen-bond donors (Lipinski definition) is 1. The number of hydrogen-bond acceptors (Lipinski definition) is 3. The molecule has 1 aliphatic heterocycles. The van der Waals surface area contributed by atoms with Crippen LogP contribution in [0, 0.1) is 0 Å². The van der Waals surface area contributed by atoms with Gasteiger partial charge in [-0.25, -0.2) is 0 Å². The van der Waals surface area contributed by atoms with E-state index in [0.717, 1.165) is 29.8 Å². The van der Waals surface area contributed by atoms with Gasteiger partial charge >= 0.3 is 0 Å². The van der Waals surface area contributed by atoms with Gasteiger partial charge in [0.15, 0.2) is 0 Å². The number of rotatable bonds is 6. The average Bonchev–Trinajstić information content (AvgIpc) is 3.13. The lowest BCUT2D eigenvalue weighted by atomic mass is 10.0. The lowest BCUT2D eigenvalue weighted by Gasteiger charge is -2.25. The zero-order valence-corrected chi connectivity index (χ0v) is 13.8. The first-order valence-electron chi connectivity index (χ1n) is 8.31. The first-order valence-corrected chi connectivity index (χ1v) is 8.31. The van der Waals surface area contributed by atoms with Crippen LogP contribution in [0.5, 0.6) is 0 Å². The minimum Gasteiger partial charge on any atom is -0.335 e. The van der Waals surface area contributed by atoms with E-state index in [9.17, 15) is 4.79 Å². The van der Waals surface area contributed by atoms with Crippen LogP contribution in [0.3, 0.4) is 0 Å². The van der Waals surface area contributed by atoms with Crippen molar-refractivity contribution in [1.82, 2.24) is 20.0 Å². The summed E-state index contributed by atoms with van der Waals surface area (Å²) < 4.78 is 1.87. The van der Waals surface area contributed by atoms with Gasteiger partial charge in [-0.2, -0.15) is 5.10 Å². The van der Waals surface area contributed by atoms with Gasteiger partial charge in [0.2, 0.25) is 5.91 Å². The molecule has 0 radical (unpaired) electrons. The quantitative estimate of drug-likeness (QED) is 0.834. The summed E-state index contributed by atoms with van der Waals surface area (Å²) in [7, 11) is 1.94. The fraction of sp³-hybridized carbons (Fsp3) is 0.444. The van der Waals surface area contributed by atoms with E-state index in [2.05, 4.69) is 34.4 Å². The van der Waals surface area contributed by atoms with Crippen molar-refractivity contribution >= 4 is 5.91 Å². The molecule has 2 aromatic rings. The van der Waals surface area contributed by atoms with E-state index in [1.807, 2.05) is 29.9 Å². The average molecular weight is 312 g/mol. The number of amides is 1. The van der Waals surface area contributed by atoms with Crippen LogP contribution in [0.2, 0.25) is 0 Å². The second-order valence-corrected chi connectivity index (χ2v) is 6.07. The Bertz CT molecular complexity index is 679. The molecule has 0 saturated carbocycles. The number of unbranched alkanes of at least 4 members (excludes halogenated alkanes) is 2. The SMILES string of the molecule is CCCCCN1CC(=O)NC1c1ccccc1-c1ccnn1C. The monoisotopic (exact) mass is 312 g/mol. The van der Waals surface area contributed by atoms with Crippen molar-refractivity contribution in [3.63, 3.8) is 0 Å². The molecule has 1 aromatic heterocycles. The van der Waals surface area contributed by atoms with E-state index in [4.69, 9.17) is 0 Å². The molecule has 1 aliphatic rings. The molecule has 1 aromatic carbocycles. The highest BCUT2D eigenvalue weighted by molar-refractivity contribution is 5.81. The van der Waals surface area contributed by atoms with E-state index in [-0.39, 0.29) is 12.1 Å². The Morgan fingerprint density at radius 1 is 1.26 bits per heavy atom. The predicted octanol–water partition coefficient (Wildman–Crippen LogP) is 2.71. The van der Waals surface area contributed by atoms with Crippen molar-refractivity contribution in [3.8, 4) is 11.3 Å². The van der Waals surface area contributed by atoms with Gasteiger partial charge in [-0.15, -0.1) is 0 Å². The molecule has 2 heterocycles. The minimum absolute atomic E-state index is 0.0505. The Hall–Kier alpha value is -2.14. The van der Waals surface area contributed by atoms with E-state index < -0.39 is 0 Å². The van der Waals surface area contributed by atoms with Crippen LogP contribution in [0.4, 0.5) is 0 Å². The standard InChI is InChI=1S/C18H24N4O/c1-3-4-7-12-22-13-17(23)20-18(22)15-9-6-5-8-14(15)16-10-11-19-21(16)2/h5-6,8-11,18H,3-4,7,12-13H2,1-2H3,(H,20,23). The second-order valence-electron chi connectivity index (χ2n) is 6.07. The van der Waals surface area contributed by atoms with Crippen LogP contribution >= 0.6 is 0 Å². The zero-order chi connectivity index (χ0) is 16.2. The predicted molar refractivity (Wildman–Crippen MR) is 90.6 cm³/mol. The van der Waals surface area contributed by atoms with Crippen LogP contribution in [0.15, 0.2) is 36.5 Å². The van der Waals surface area contributed by atoms with Gasteiger partial charge in [-0.05, 0) is 18.1 Å². The first kappa shape index (κ1) is 15.7. The van der Waals surface area contributed by atoms with Gasteiger partial charge in [0.1, 0.15) is 6.17 Å². The van der Waals surface area contributed by atoms with Crippen LogP contribution in [-0.2, 0) is 11.8 Å². The molecule has 122 valence electrons. The molecule has 0 spiro atoms. The number of carbonyl (C=O) groups is 1. The smallest absolute Gasteiger partial charge is 0.235 e. The summed E-state index contributed by atoms with van der Waals surface area (Å²) in [5.74, 6) is 0.103. The number of aryl methyl sites for hydroxylation is 1. The molecule has 1 N–H and O–H groups in total. The van der Waals surface area contributed by atoms with Crippen molar-refractivity contribution in [1.29, 1.82) is 0 Å². The first-order chi connectivity index (χ1) is 11.2. The molecule has 1 unspecified atom stereocenters. The topological polar surface area (TPSA) is 50.2 Å². The number of nitrogens with one attached hydrogen (secondary N) is 1. The zero-order valence-electron chi connectivity index (χ0n) is 13.8. The van der Waals surface area contributed by atoms with E-state index >= 15 is 0 Å². The highest BCUT2D eigenvalue weighted by Gasteiger charge is 2.32. The van der Waals surface area contributed by atoms with Crippen molar-refractivity contribution in [2.24, 2.45) is 7.05 Å². The lowest BCUT2D eigenvalue weighted by molar-refractivity contribution is -0.118. The van der Waals surface area contributed by atoms with E-state index in [1.165, 1.54) is 12.8 Å². The van der Waals surface area contributed by atoms with Crippen LogP contribution < -0.4 is 5.32 Å². The second kappa shape index (κ2) is 6.96. The maximum atomic E-state index is 12.0. The van der Waals surface area contributed by atoms with Crippen molar-refractivity contribution < 1.29 is 4.79 Å². The fourth-order valence-corrected chi connectivity index (χ4v) is 3.22.